The van der Waals surface area contributed by atoms with Crippen LogP contribution in [-0.2, 0) is 6.54 Å². The zero-order valence-electron chi connectivity index (χ0n) is 11.3. The Balaban J connectivity index is 2.01. The molecular formula is C13H20N4OS. The van der Waals surface area contributed by atoms with Gasteiger partial charge in [-0.1, -0.05) is 6.92 Å². The lowest BCUT2D eigenvalue weighted by atomic mass is 10.2. The summed E-state index contributed by atoms with van der Waals surface area (Å²) in [6.07, 6.45) is 1.57. The van der Waals surface area contributed by atoms with E-state index in [0.717, 1.165) is 18.8 Å². The van der Waals surface area contributed by atoms with Gasteiger partial charge in [0.2, 0.25) is 0 Å². The fourth-order valence-corrected chi connectivity index (χ4v) is 3.32. The maximum Gasteiger partial charge on any atom is 0.266 e. The van der Waals surface area contributed by atoms with Crippen LogP contribution in [0.5, 0.6) is 0 Å². The summed E-state index contributed by atoms with van der Waals surface area (Å²) in [6.45, 7) is 6.44. The number of nitrogens with one attached hydrogen (secondary N) is 1. The summed E-state index contributed by atoms with van der Waals surface area (Å²) in [7, 11) is 0. The third-order valence-electron chi connectivity index (χ3n) is 3.60. The first-order chi connectivity index (χ1) is 9.11. The molecule has 19 heavy (non-hydrogen) atoms. The number of nitrogens with two attached hydrogens (primary N) is 1. The van der Waals surface area contributed by atoms with E-state index in [1.807, 2.05) is 17.8 Å². The first-order valence-electron chi connectivity index (χ1n) is 6.43. The maximum absolute atomic E-state index is 11.3. The molecule has 0 bridgehead atoms. The number of hydrogen-bond acceptors (Lipinski definition) is 5. The molecule has 1 aromatic heterocycles. The second kappa shape index (κ2) is 6.36. The van der Waals surface area contributed by atoms with Crippen molar-refractivity contribution in [1.29, 1.82) is 0 Å². The normalized spacial score (nSPS) is 24.2. The van der Waals surface area contributed by atoms with Crippen LogP contribution in [0.1, 0.15) is 29.9 Å². The number of pyridine rings is 1. The first kappa shape index (κ1) is 14.3. The van der Waals surface area contributed by atoms with Gasteiger partial charge in [0.05, 0.1) is 11.3 Å². The molecule has 6 heteroatoms. The molecule has 2 unspecified atom stereocenters. The minimum absolute atomic E-state index is 0.310. The minimum atomic E-state index is -0.310. The molecular weight excluding hydrogens is 260 g/mol. The van der Waals surface area contributed by atoms with Gasteiger partial charge in [-0.2, -0.15) is 11.8 Å². The lowest BCUT2D eigenvalue weighted by molar-refractivity contribution is 0.0953. The second-order valence-electron chi connectivity index (χ2n) is 4.80. The average molecular weight is 280 g/mol. The molecule has 0 saturated carbocycles. The molecule has 2 rings (SSSR count). The zero-order chi connectivity index (χ0) is 13.8. The van der Waals surface area contributed by atoms with Crippen LogP contribution in [0.4, 0.5) is 0 Å². The lowest BCUT2D eigenvalue weighted by Gasteiger charge is -2.37. The van der Waals surface area contributed by atoms with E-state index in [2.05, 4.69) is 29.2 Å². The van der Waals surface area contributed by atoms with Gasteiger partial charge in [-0.3, -0.25) is 20.1 Å². The van der Waals surface area contributed by atoms with E-state index in [9.17, 15) is 4.79 Å². The smallest absolute Gasteiger partial charge is 0.266 e. The molecule has 104 valence electrons. The molecule has 1 saturated heterocycles. The van der Waals surface area contributed by atoms with Crippen LogP contribution in [0.25, 0.3) is 0 Å². The summed E-state index contributed by atoms with van der Waals surface area (Å²) in [4.78, 5) is 18.1. The largest absolute Gasteiger partial charge is 0.293 e. The van der Waals surface area contributed by atoms with Crippen LogP contribution in [-0.4, -0.2) is 39.4 Å². The molecule has 0 aliphatic carbocycles. The Morgan fingerprint density at radius 1 is 1.58 bits per heavy atom. The average Bonchev–Trinajstić information content (AvgIpc) is 2.44. The highest BCUT2D eigenvalue weighted by atomic mass is 32.2. The van der Waals surface area contributed by atoms with E-state index in [1.54, 1.807) is 12.3 Å². The predicted molar refractivity (Wildman–Crippen MR) is 77.7 cm³/mol. The number of nitrogens with zero attached hydrogens (tertiary/aromatic N) is 2. The fraction of sp³-hybridized carbons (Fsp3) is 0.538. The van der Waals surface area contributed by atoms with Crippen molar-refractivity contribution in [2.75, 3.05) is 12.3 Å². The number of carbonyl (C=O) groups is 1. The lowest BCUT2D eigenvalue weighted by Crippen LogP contribution is -2.44. The second-order valence-corrected chi connectivity index (χ2v) is 6.28. The number of hydrogen-bond donors (Lipinski definition) is 2. The summed E-state index contributed by atoms with van der Waals surface area (Å²) < 4.78 is 0. The Morgan fingerprint density at radius 3 is 3.00 bits per heavy atom. The molecule has 5 nitrogen and oxygen atoms in total. The van der Waals surface area contributed by atoms with Crippen LogP contribution < -0.4 is 11.3 Å². The highest BCUT2D eigenvalue weighted by Crippen LogP contribution is 2.25. The maximum atomic E-state index is 11.3. The van der Waals surface area contributed by atoms with Crippen LogP contribution in [0.3, 0.4) is 0 Å². The summed E-state index contributed by atoms with van der Waals surface area (Å²) in [5.74, 6) is 5.94. The number of amides is 1. The van der Waals surface area contributed by atoms with E-state index in [0.29, 0.717) is 16.9 Å². The van der Waals surface area contributed by atoms with Gasteiger partial charge in [-0.25, -0.2) is 5.84 Å². The molecule has 1 aliphatic heterocycles. The van der Waals surface area contributed by atoms with Crippen molar-refractivity contribution in [2.45, 2.75) is 31.7 Å². The summed E-state index contributed by atoms with van der Waals surface area (Å²) in [5.41, 5.74) is 3.58. The van der Waals surface area contributed by atoms with Crippen molar-refractivity contribution in [3.05, 3.63) is 29.6 Å². The van der Waals surface area contributed by atoms with Crippen molar-refractivity contribution < 1.29 is 4.79 Å². The number of carbonyl (C=O) groups excluding carboxylic acids is 1. The molecule has 0 spiro atoms. The first-order valence-corrected chi connectivity index (χ1v) is 7.48. The van der Waals surface area contributed by atoms with Crippen molar-refractivity contribution in [3.63, 3.8) is 0 Å². The van der Waals surface area contributed by atoms with Gasteiger partial charge < -0.3 is 0 Å². The van der Waals surface area contributed by atoms with Gasteiger partial charge in [0, 0.05) is 36.3 Å². The third kappa shape index (κ3) is 3.46. The number of nitrogen functional groups attached to an aromatic ring is 1. The molecule has 3 N–H and O–H groups in total. The van der Waals surface area contributed by atoms with Gasteiger partial charge >= 0.3 is 0 Å². The van der Waals surface area contributed by atoms with Gasteiger partial charge in [0.15, 0.2) is 0 Å². The van der Waals surface area contributed by atoms with E-state index in [-0.39, 0.29) is 5.91 Å². The summed E-state index contributed by atoms with van der Waals surface area (Å²) in [5, 5.41) is 0.649. The fourth-order valence-electron chi connectivity index (χ4n) is 2.16. The van der Waals surface area contributed by atoms with Crippen molar-refractivity contribution in [3.8, 4) is 0 Å². The van der Waals surface area contributed by atoms with Gasteiger partial charge in [-0.05, 0) is 19.1 Å². The van der Waals surface area contributed by atoms with Crippen LogP contribution in [0, 0.1) is 0 Å². The molecule has 1 fully saturated rings. The quantitative estimate of drug-likeness (QED) is 0.491. The SMILES string of the molecule is CC1SCCN(Cc2ccc(C(=O)NN)cn2)C1C. The molecule has 1 aromatic rings. The van der Waals surface area contributed by atoms with Gasteiger partial charge in [-0.15, -0.1) is 0 Å². The Morgan fingerprint density at radius 2 is 2.37 bits per heavy atom. The highest BCUT2D eigenvalue weighted by Gasteiger charge is 2.25. The molecule has 1 aliphatic rings. The Kier molecular flexibility index (Phi) is 4.79. The number of rotatable bonds is 3. The van der Waals surface area contributed by atoms with Crippen LogP contribution in [0.2, 0.25) is 0 Å². The molecule has 2 heterocycles. The number of hydrazine groups is 1. The van der Waals surface area contributed by atoms with Gasteiger partial charge in [0.25, 0.3) is 5.91 Å². The summed E-state index contributed by atoms with van der Waals surface area (Å²) in [6, 6.07) is 4.20. The third-order valence-corrected chi connectivity index (χ3v) is 4.94. The van der Waals surface area contributed by atoms with Crippen molar-refractivity contribution in [1.82, 2.24) is 15.3 Å². The van der Waals surface area contributed by atoms with Crippen LogP contribution >= 0.6 is 11.8 Å². The van der Waals surface area contributed by atoms with Crippen molar-refractivity contribution in [2.24, 2.45) is 5.84 Å². The van der Waals surface area contributed by atoms with Crippen molar-refractivity contribution >= 4 is 17.7 Å². The zero-order valence-corrected chi connectivity index (χ0v) is 12.1. The number of aromatic nitrogens is 1. The molecule has 0 radical (unpaired) electrons. The highest BCUT2D eigenvalue weighted by molar-refractivity contribution is 8.00. The minimum Gasteiger partial charge on any atom is -0.293 e. The Labute approximate surface area is 117 Å². The summed E-state index contributed by atoms with van der Waals surface area (Å²) >= 11 is 2.02. The predicted octanol–water partition coefficient (Wildman–Crippen LogP) is 1.01. The van der Waals surface area contributed by atoms with E-state index < -0.39 is 0 Å². The Bertz CT molecular complexity index is 437. The standard InChI is InChI=1S/C13H20N4OS/c1-9-10(2)19-6-5-17(9)8-12-4-3-11(7-15-12)13(18)16-14/h3-4,7,9-10H,5-6,8,14H2,1-2H3,(H,16,18). The van der Waals surface area contributed by atoms with E-state index >= 15 is 0 Å². The monoisotopic (exact) mass is 280 g/mol. The van der Waals surface area contributed by atoms with Crippen LogP contribution in [0.15, 0.2) is 18.3 Å². The molecule has 1 amide bonds. The van der Waals surface area contributed by atoms with Gasteiger partial charge in [0.1, 0.15) is 0 Å². The number of thioether (sulfide) groups is 1. The molecule has 0 aromatic carbocycles. The topological polar surface area (TPSA) is 71.2 Å². The Hall–Kier alpha value is -1.11. The van der Waals surface area contributed by atoms with E-state index in [4.69, 9.17) is 5.84 Å². The van der Waals surface area contributed by atoms with E-state index in [1.165, 1.54) is 5.75 Å². The molecule has 2 atom stereocenters.